The molecule has 5 nitrogen and oxygen atoms in total. The highest BCUT2D eigenvalue weighted by Gasteiger charge is 2.50. The van der Waals surface area contributed by atoms with E-state index in [9.17, 15) is 9.59 Å². The van der Waals surface area contributed by atoms with E-state index in [0.717, 1.165) is 0 Å². The topological polar surface area (TPSA) is 78.4 Å². The van der Waals surface area contributed by atoms with Crippen molar-refractivity contribution in [1.82, 2.24) is 10.6 Å². The Labute approximate surface area is 88.5 Å². The first-order valence-electron chi connectivity index (χ1n) is 4.90. The quantitative estimate of drug-likeness (QED) is 0.588. The van der Waals surface area contributed by atoms with E-state index in [1.54, 1.807) is 13.0 Å². The van der Waals surface area contributed by atoms with Crippen LogP contribution in [0.15, 0.2) is 12.7 Å². The van der Waals surface area contributed by atoms with E-state index in [4.69, 9.17) is 5.11 Å². The highest BCUT2D eigenvalue weighted by molar-refractivity contribution is 5.80. The van der Waals surface area contributed by atoms with Crippen LogP contribution in [-0.2, 0) is 4.79 Å². The molecule has 0 heterocycles. The van der Waals surface area contributed by atoms with E-state index in [1.165, 1.54) is 0 Å². The van der Waals surface area contributed by atoms with Gasteiger partial charge in [0.05, 0.1) is 5.41 Å². The molecule has 1 rings (SSSR count). The number of rotatable bonds is 5. The molecule has 1 aliphatic carbocycles. The predicted molar refractivity (Wildman–Crippen MR) is 55.5 cm³/mol. The lowest BCUT2D eigenvalue weighted by atomic mass is 10.1. The van der Waals surface area contributed by atoms with Crippen molar-refractivity contribution in [1.29, 1.82) is 0 Å². The van der Waals surface area contributed by atoms with Gasteiger partial charge in [-0.3, -0.25) is 4.79 Å². The van der Waals surface area contributed by atoms with Crippen LogP contribution in [0, 0.1) is 5.41 Å². The van der Waals surface area contributed by atoms with Gasteiger partial charge in [0.15, 0.2) is 0 Å². The molecule has 0 radical (unpaired) electrons. The third-order valence-corrected chi connectivity index (χ3v) is 2.61. The third kappa shape index (κ3) is 2.97. The van der Waals surface area contributed by atoms with Crippen molar-refractivity contribution in [3.05, 3.63) is 12.7 Å². The Bertz CT molecular complexity index is 284. The van der Waals surface area contributed by atoms with Crippen molar-refractivity contribution < 1.29 is 14.7 Å². The Morgan fingerprint density at radius 1 is 1.60 bits per heavy atom. The van der Waals surface area contributed by atoms with Gasteiger partial charge in [-0.15, -0.1) is 6.58 Å². The Balaban J connectivity index is 2.28. The van der Waals surface area contributed by atoms with E-state index in [-0.39, 0.29) is 18.6 Å². The zero-order valence-electron chi connectivity index (χ0n) is 8.75. The van der Waals surface area contributed by atoms with E-state index in [0.29, 0.717) is 12.8 Å². The van der Waals surface area contributed by atoms with Crippen LogP contribution in [0.1, 0.15) is 19.8 Å². The molecule has 1 aliphatic rings. The van der Waals surface area contributed by atoms with Crippen molar-refractivity contribution in [2.24, 2.45) is 5.41 Å². The molecule has 0 aromatic rings. The van der Waals surface area contributed by atoms with Crippen molar-refractivity contribution >= 4 is 12.0 Å². The molecule has 1 unspecified atom stereocenters. The van der Waals surface area contributed by atoms with Gasteiger partial charge in [0.1, 0.15) is 0 Å². The monoisotopic (exact) mass is 212 g/mol. The molecular weight excluding hydrogens is 196 g/mol. The normalized spacial score (nSPS) is 18.7. The maximum Gasteiger partial charge on any atom is 0.315 e. The lowest BCUT2D eigenvalue weighted by Gasteiger charge is -2.13. The molecule has 0 aromatic carbocycles. The number of carboxylic acid groups (broad SMARTS) is 1. The van der Waals surface area contributed by atoms with Crippen molar-refractivity contribution in [2.75, 3.05) is 6.54 Å². The van der Waals surface area contributed by atoms with Gasteiger partial charge >= 0.3 is 12.0 Å². The molecule has 0 spiro atoms. The molecule has 0 bridgehead atoms. The molecule has 1 saturated carbocycles. The van der Waals surface area contributed by atoms with Crippen molar-refractivity contribution in [2.45, 2.75) is 25.8 Å². The molecule has 5 heteroatoms. The van der Waals surface area contributed by atoms with Crippen LogP contribution in [0.3, 0.4) is 0 Å². The summed E-state index contributed by atoms with van der Waals surface area (Å²) in [6, 6.07) is -0.472. The molecule has 2 amide bonds. The molecule has 0 saturated heterocycles. The highest BCUT2D eigenvalue weighted by Crippen LogP contribution is 2.45. The second-order valence-corrected chi connectivity index (χ2v) is 3.94. The van der Waals surface area contributed by atoms with Crippen LogP contribution in [0.2, 0.25) is 0 Å². The fraction of sp³-hybridized carbons (Fsp3) is 0.600. The smallest absolute Gasteiger partial charge is 0.315 e. The van der Waals surface area contributed by atoms with Crippen molar-refractivity contribution in [3.8, 4) is 0 Å². The standard InChI is InChI=1S/C10H16N2O3/c1-3-7(2)12-9(15)11-6-10(4-5-10)8(13)14/h3,7H,1,4-6H2,2H3,(H,13,14)(H2,11,12,15). The minimum atomic E-state index is -0.834. The Morgan fingerprint density at radius 2 is 2.20 bits per heavy atom. The summed E-state index contributed by atoms with van der Waals surface area (Å²) in [5.74, 6) is -0.834. The van der Waals surface area contributed by atoms with Gasteiger partial charge < -0.3 is 15.7 Å². The lowest BCUT2D eigenvalue weighted by molar-refractivity contribution is -0.143. The third-order valence-electron chi connectivity index (χ3n) is 2.61. The number of urea groups is 1. The largest absolute Gasteiger partial charge is 0.481 e. The molecular formula is C10H16N2O3. The van der Waals surface area contributed by atoms with Gasteiger partial charge in [0, 0.05) is 12.6 Å². The molecule has 0 aromatic heterocycles. The average Bonchev–Trinajstić information content (AvgIpc) is 2.95. The molecule has 3 N–H and O–H groups in total. The average molecular weight is 212 g/mol. The van der Waals surface area contributed by atoms with Crippen LogP contribution in [0.5, 0.6) is 0 Å². The number of carbonyl (C=O) groups is 2. The van der Waals surface area contributed by atoms with Crippen LogP contribution in [-0.4, -0.2) is 29.7 Å². The maximum atomic E-state index is 11.2. The molecule has 15 heavy (non-hydrogen) atoms. The van der Waals surface area contributed by atoms with Gasteiger partial charge in [-0.05, 0) is 19.8 Å². The predicted octanol–water partition coefficient (Wildman–Crippen LogP) is 0.725. The number of hydrogen-bond donors (Lipinski definition) is 3. The molecule has 1 atom stereocenters. The second kappa shape index (κ2) is 4.33. The number of aliphatic carboxylic acids is 1. The Morgan fingerprint density at radius 3 is 2.60 bits per heavy atom. The van der Waals surface area contributed by atoms with Gasteiger partial charge in [0.25, 0.3) is 0 Å². The van der Waals surface area contributed by atoms with Crippen LogP contribution >= 0.6 is 0 Å². The summed E-state index contributed by atoms with van der Waals surface area (Å²) in [7, 11) is 0. The Kier molecular flexibility index (Phi) is 3.34. The zero-order chi connectivity index (χ0) is 11.5. The molecule has 0 aliphatic heterocycles. The molecule has 1 fully saturated rings. The molecule has 84 valence electrons. The minimum absolute atomic E-state index is 0.120. The van der Waals surface area contributed by atoms with Crippen molar-refractivity contribution in [3.63, 3.8) is 0 Å². The summed E-state index contributed by atoms with van der Waals surface area (Å²) in [5, 5.41) is 14.0. The summed E-state index contributed by atoms with van der Waals surface area (Å²) in [6.45, 7) is 5.51. The van der Waals surface area contributed by atoms with E-state index >= 15 is 0 Å². The number of hydrogen-bond acceptors (Lipinski definition) is 2. The van der Waals surface area contributed by atoms with E-state index < -0.39 is 11.4 Å². The van der Waals surface area contributed by atoms with E-state index in [1.807, 2.05) is 0 Å². The number of carbonyl (C=O) groups excluding carboxylic acids is 1. The van der Waals surface area contributed by atoms with Gasteiger partial charge in [-0.1, -0.05) is 6.08 Å². The maximum absolute atomic E-state index is 11.2. The van der Waals surface area contributed by atoms with Crippen LogP contribution < -0.4 is 10.6 Å². The summed E-state index contributed by atoms with van der Waals surface area (Å²) < 4.78 is 0. The summed E-state index contributed by atoms with van der Waals surface area (Å²) in [4.78, 5) is 22.0. The summed E-state index contributed by atoms with van der Waals surface area (Å²) in [6.07, 6.45) is 2.88. The second-order valence-electron chi connectivity index (χ2n) is 3.94. The fourth-order valence-electron chi connectivity index (χ4n) is 1.18. The highest BCUT2D eigenvalue weighted by atomic mass is 16.4. The number of nitrogens with one attached hydrogen (secondary N) is 2. The van der Waals surface area contributed by atoms with Crippen LogP contribution in [0.4, 0.5) is 4.79 Å². The first kappa shape index (κ1) is 11.6. The Hall–Kier alpha value is -1.52. The first-order valence-corrected chi connectivity index (χ1v) is 4.90. The van der Waals surface area contributed by atoms with Crippen LogP contribution in [0.25, 0.3) is 0 Å². The van der Waals surface area contributed by atoms with E-state index in [2.05, 4.69) is 17.2 Å². The zero-order valence-corrected chi connectivity index (χ0v) is 8.75. The minimum Gasteiger partial charge on any atom is -0.481 e. The van der Waals surface area contributed by atoms with Gasteiger partial charge in [0.2, 0.25) is 0 Å². The fourth-order valence-corrected chi connectivity index (χ4v) is 1.18. The SMILES string of the molecule is C=CC(C)NC(=O)NCC1(C(=O)O)CC1. The number of carboxylic acids is 1. The lowest BCUT2D eigenvalue weighted by Crippen LogP contribution is -2.43. The first-order chi connectivity index (χ1) is 7.00. The summed E-state index contributed by atoms with van der Waals surface area (Å²) >= 11 is 0. The van der Waals surface area contributed by atoms with Gasteiger partial charge in [-0.2, -0.15) is 0 Å². The summed E-state index contributed by atoms with van der Waals surface area (Å²) in [5.41, 5.74) is -0.714. The van der Waals surface area contributed by atoms with Gasteiger partial charge in [-0.25, -0.2) is 4.79 Å². The number of amides is 2.